The highest BCUT2D eigenvalue weighted by Crippen LogP contribution is 2.27. The summed E-state index contributed by atoms with van der Waals surface area (Å²) in [5.41, 5.74) is -1.05. The molecule has 0 saturated carbocycles. The Labute approximate surface area is 86.9 Å². The van der Waals surface area contributed by atoms with Crippen LogP contribution >= 0.6 is 8.03 Å². The third kappa shape index (κ3) is 3.46. The van der Waals surface area contributed by atoms with Gasteiger partial charge >= 0.3 is 5.71 Å². The first-order chi connectivity index (χ1) is 7.15. The monoisotopic (exact) mass is 232 g/mol. The number of para-hydroxylation sites is 1. The van der Waals surface area contributed by atoms with Gasteiger partial charge in [-0.05, 0) is 19.1 Å². The summed E-state index contributed by atoms with van der Waals surface area (Å²) in [4.78, 5) is 11.1. The number of halogens is 1. The minimum atomic E-state index is -2.91. The summed E-state index contributed by atoms with van der Waals surface area (Å²) in [7, 11) is -2.91. The lowest BCUT2D eigenvalue weighted by Crippen LogP contribution is -2.03. The van der Waals surface area contributed by atoms with Gasteiger partial charge in [-0.15, -0.1) is 0 Å². The lowest BCUT2D eigenvalue weighted by atomic mass is 10.3. The molecule has 0 aliphatic heterocycles. The smallest absolute Gasteiger partial charge is 0.393 e. The van der Waals surface area contributed by atoms with Crippen LogP contribution < -0.4 is 4.74 Å². The second-order valence-electron chi connectivity index (χ2n) is 2.54. The van der Waals surface area contributed by atoms with Crippen molar-refractivity contribution in [2.75, 3.05) is 6.61 Å². The van der Waals surface area contributed by atoms with E-state index >= 15 is 0 Å². The molecule has 15 heavy (non-hydrogen) atoms. The minimum Gasteiger partial charge on any atom is -0.416 e. The second-order valence-corrected chi connectivity index (χ2v) is 3.81. The summed E-state index contributed by atoms with van der Waals surface area (Å²) in [6.45, 7) is 1.74. The predicted molar refractivity (Wildman–Crippen MR) is 53.1 cm³/mol. The van der Waals surface area contributed by atoms with E-state index in [2.05, 4.69) is 9.26 Å². The number of hydrogen-bond acceptors (Lipinski definition) is 4. The number of ether oxygens (including phenoxy) is 1. The highest BCUT2D eigenvalue weighted by molar-refractivity contribution is 7.58. The van der Waals surface area contributed by atoms with Crippen LogP contribution in [0.25, 0.3) is 0 Å². The average molecular weight is 232 g/mol. The van der Waals surface area contributed by atoms with Crippen molar-refractivity contribution in [1.82, 2.24) is 0 Å². The molecule has 0 aromatic heterocycles. The Morgan fingerprint density at radius 2 is 2.13 bits per heavy atom. The van der Waals surface area contributed by atoms with E-state index in [4.69, 9.17) is 0 Å². The fourth-order valence-corrected chi connectivity index (χ4v) is 1.43. The summed E-state index contributed by atoms with van der Waals surface area (Å²) in [5.74, 6) is -0.933. The Hall–Kier alpha value is -1.19. The molecule has 0 aliphatic rings. The number of rotatable bonds is 4. The minimum absolute atomic E-state index is 0.143. The molecule has 1 aromatic carbocycles. The summed E-state index contributed by atoms with van der Waals surface area (Å²) in [6, 6.07) is 5.37. The maximum absolute atomic E-state index is 13.0. The van der Waals surface area contributed by atoms with Gasteiger partial charge in [0, 0.05) is 0 Å². The van der Waals surface area contributed by atoms with E-state index in [9.17, 15) is 13.8 Å². The fraction of sp³-hybridized carbons (Fsp3) is 0.222. The number of carbonyl (C=O) groups is 1. The Bertz CT molecular complexity index is 380. The molecule has 0 radical (unpaired) electrons. The first kappa shape index (κ1) is 11.9. The molecule has 0 aliphatic carbocycles. The van der Waals surface area contributed by atoms with Crippen LogP contribution in [0.1, 0.15) is 6.92 Å². The molecule has 1 rings (SSSR count). The third-order valence-corrected chi connectivity index (χ3v) is 2.47. The fourth-order valence-electron chi connectivity index (χ4n) is 0.859. The van der Waals surface area contributed by atoms with E-state index < -0.39 is 19.6 Å². The molecule has 0 N–H and O–H groups in total. The molecule has 6 heteroatoms. The molecule has 0 amide bonds. The zero-order valence-electron chi connectivity index (χ0n) is 8.03. The van der Waals surface area contributed by atoms with E-state index in [1.54, 1.807) is 6.92 Å². The van der Waals surface area contributed by atoms with Gasteiger partial charge in [0.05, 0.1) is 6.61 Å². The highest BCUT2D eigenvalue weighted by Gasteiger charge is 2.15. The Morgan fingerprint density at radius 1 is 1.47 bits per heavy atom. The predicted octanol–water partition coefficient (Wildman–Crippen LogP) is 2.84. The molecule has 0 spiro atoms. The Balaban J connectivity index is 2.67. The van der Waals surface area contributed by atoms with Crippen molar-refractivity contribution in [3.8, 4) is 5.75 Å². The molecule has 1 atom stereocenters. The summed E-state index contributed by atoms with van der Waals surface area (Å²) in [6.07, 6.45) is 0. The number of carbonyl (C=O) groups excluding carboxylic acids is 1. The van der Waals surface area contributed by atoms with Gasteiger partial charge in [-0.2, -0.15) is 0 Å². The van der Waals surface area contributed by atoms with Crippen LogP contribution in [-0.4, -0.2) is 12.3 Å². The first-order valence-electron chi connectivity index (χ1n) is 4.28. The largest absolute Gasteiger partial charge is 0.416 e. The van der Waals surface area contributed by atoms with Crippen LogP contribution in [0.15, 0.2) is 24.3 Å². The van der Waals surface area contributed by atoms with Crippen molar-refractivity contribution in [3.05, 3.63) is 30.1 Å². The number of benzene rings is 1. The molecular weight excluding hydrogens is 222 g/mol. The van der Waals surface area contributed by atoms with E-state index in [-0.39, 0.29) is 12.4 Å². The molecule has 0 heterocycles. The standard InChI is InChI=1S/C9H10FO4P/c1-2-13-15(12)9(11)14-8-6-4-3-5-7(8)10/h3-6,15H,2H2,1H3. The summed E-state index contributed by atoms with van der Waals surface area (Å²) >= 11 is 0. The molecule has 0 bridgehead atoms. The average Bonchev–Trinajstić information content (AvgIpc) is 2.21. The van der Waals surface area contributed by atoms with E-state index in [0.29, 0.717) is 0 Å². The van der Waals surface area contributed by atoms with Gasteiger partial charge < -0.3 is 9.26 Å². The molecule has 0 saturated heterocycles. The topological polar surface area (TPSA) is 52.6 Å². The lowest BCUT2D eigenvalue weighted by Gasteiger charge is -2.04. The SMILES string of the molecule is CCO[PH](=O)C(=O)Oc1ccccc1F. The van der Waals surface area contributed by atoms with Crippen molar-refractivity contribution in [1.29, 1.82) is 0 Å². The number of hydrogen-bond donors (Lipinski definition) is 0. The molecule has 0 fully saturated rings. The van der Waals surface area contributed by atoms with E-state index in [1.807, 2.05) is 0 Å². The molecule has 82 valence electrons. The van der Waals surface area contributed by atoms with E-state index in [0.717, 1.165) is 6.07 Å². The zero-order chi connectivity index (χ0) is 11.3. The van der Waals surface area contributed by atoms with Crippen LogP contribution in [-0.2, 0) is 9.09 Å². The van der Waals surface area contributed by atoms with Gasteiger partial charge in [0.25, 0.3) is 8.03 Å². The van der Waals surface area contributed by atoms with Crippen LogP contribution in [0.2, 0.25) is 0 Å². The van der Waals surface area contributed by atoms with Gasteiger partial charge in [-0.25, -0.2) is 9.18 Å². The quantitative estimate of drug-likeness (QED) is 0.749. The maximum atomic E-state index is 13.0. The third-order valence-electron chi connectivity index (χ3n) is 1.48. The van der Waals surface area contributed by atoms with Crippen LogP contribution in [0.4, 0.5) is 9.18 Å². The van der Waals surface area contributed by atoms with Gasteiger partial charge in [-0.3, -0.25) is 4.57 Å². The van der Waals surface area contributed by atoms with Crippen molar-refractivity contribution in [3.63, 3.8) is 0 Å². The normalized spacial score (nSPS) is 12.1. The highest BCUT2D eigenvalue weighted by atomic mass is 31.1. The van der Waals surface area contributed by atoms with Gasteiger partial charge in [0.15, 0.2) is 11.6 Å². The Kier molecular flexibility index (Phi) is 4.46. The van der Waals surface area contributed by atoms with Crippen molar-refractivity contribution in [2.24, 2.45) is 0 Å². The van der Waals surface area contributed by atoms with Crippen LogP contribution in [0.5, 0.6) is 5.75 Å². The van der Waals surface area contributed by atoms with Crippen LogP contribution in [0, 0.1) is 5.82 Å². The van der Waals surface area contributed by atoms with E-state index in [1.165, 1.54) is 18.2 Å². The molecule has 4 nitrogen and oxygen atoms in total. The summed E-state index contributed by atoms with van der Waals surface area (Å²) in [5, 5.41) is 0. The molecule has 1 unspecified atom stereocenters. The van der Waals surface area contributed by atoms with Gasteiger partial charge in [0.2, 0.25) is 0 Å². The van der Waals surface area contributed by atoms with Gasteiger partial charge in [0.1, 0.15) is 0 Å². The first-order valence-corrected chi connectivity index (χ1v) is 5.60. The molecule has 1 aromatic rings. The Morgan fingerprint density at radius 3 is 2.73 bits per heavy atom. The zero-order valence-corrected chi connectivity index (χ0v) is 9.03. The summed E-state index contributed by atoms with van der Waals surface area (Å²) < 4.78 is 33.1. The lowest BCUT2D eigenvalue weighted by molar-refractivity contribution is 0.216. The van der Waals surface area contributed by atoms with Gasteiger partial charge in [-0.1, -0.05) is 12.1 Å². The van der Waals surface area contributed by atoms with Crippen molar-refractivity contribution in [2.45, 2.75) is 6.92 Å². The maximum Gasteiger partial charge on any atom is 0.393 e. The van der Waals surface area contributed by atoms with Crippen LogP contribution in [0.3, 0.4) is 0 Å². The second kappa shape index (κ2) is 5.63. The van der Waals surface area contributed by atoms with Crippen molar-refractivity contribution >= 4 is 13.7 Å². The molecular formula is C9H10FO4P. The van der Waals surface area contributed by atoms with Crippen molar-refractivity contribution < 1.29 is 23.0 Å².